The molecular formula is C13H15NS. The molecular weight excluding hydrogens is 202 g/mol. The zero-order chi connectivity index (χ0) is 10.8. The van der Waals surface area contributed by atoms with E-state index in [-0.39, 0.29) is 0 Å². The molecule has 0 saturated carbocycles. The molecule has 0 spiro atoms. The van der Waals surface area contributed by atoms with Crippen molar-refractivity contribution < 1.29 is 0 Å². The van der Waals surface area contributed by atoms with Gasteiger partial charge in [-0.1, -0.05) is 31.2 Å². The highest BCUT2D eigenvalue weighted by Gasteiger charge is 2.10. The van der Waals surface area contributed by atoms with Crippen molar-refractivity contribution in [3.63, 3.8) is 0 Å². The molecule has 0 atom stereocenters. The summed E-state index contributed by atoms with van der Waals surface area (Å²) in [6, 6.07) is 8.45. The van der Waals surface area contributed by atoms with Crippen molar-refractivity contribution in [1.29, 1.82) is 0 Å². The van der Waals surface area contributed by atoms with E-state index in [2.05, 4.69) is 50.0 Å². The van der Waals surface area contributed by atoms with Crippen LogP contribution in [0.2, 0.25) is 0 Å². The molecule has 2 heteroatoms. The molecule has 0 radical (unpaired) electrons. The monoisotopic (exact) mass is 217 g/mol. The van der Waals surface area contributed by atoms with Gasteiger partial charge in [-0.05, 0) is 25.8 Å². The van der Waals surface area contributed by atoms with Crippen LogP contribution in [0.5, 0.6) is 0 Å². The lowest BCUT2D eigenvalue weighted by Gasteiger charge is -2.03. The molecule has 0 unspecified atom stereocenters. The fourth-order valence-corrected chi connectivity index (χ4v) is 2.65. The van der Waals surface area contributed by atoms with Gasteiger partial charge in [-0.2, -0.15) is 0 Å². The van der Waals surface area contributed by atoms with Gasteiger partial charge in [-0.15, -0.1) is 11.3 Å². The summed E-state index contributed by atoms with van der Waals surface area (Å²) in [7, 11) is 0. The highest BCUT2D eigenvalue weighted by Crippen LogP contribution is 2.30. The SMILES string of the molecule is CCc1sc(C)nc1-c1ccccc1C. The Bertz CT molecular complexity index is 471. The second-order valence-corrected chi connectivity index (χ2v) is 4.96. The van der Waals surface area contributed by atoms with Crippen LogP contribution in [0.25, 0.3) is 11.3 Å². The average Bonchev–Trinajstić information content (AvgIpc) is 2.60. The smallest absolute Gasteiger partial charge is 0.0904 e. The van der Waals surface area contributed by atoms with Crippen molar-refractivity contribution in [1.82, 2.24) is 4.98 Å². The van der Waals surface area contributed by atoms with Gasteiger partial charge in [0.2, 0.25) is 0 Å². The highest BCUT2D eigenvalue weighted by molar-refractivity contribution is 7.12. The minimum atomic E-state index is 1.06. The second-order valence-electron chi connectivity index (χ2n) is 3.67. The van der Waals surface area contributed by atoms with Crippen LogP contribution in [0.4, 0.5) is 0 Å². The minimum Gasteiger partial charge on any atom is -0.241 e. The molecule has 78 valence electrons. The van der Waals surface area contributed by atoms with Crippen molar-refractivity contribution in [2.75, 3.05) is 0 Å². The maximum absolute atomic E-state index is 4.63. The molecule has 0 aliphatic rings. The summed E-state index contributed by atoms with van der Waals surface area (Å²) in [5.41, 5.74) is 3.76. The number of rotatable bonds is 2. The summed E-state index contributed by atoms with van der Waals surface area (Å²) in [6.07, 6.45) is 1.06. The molecule has 1 heterocycles. The molecule has 1 aromatic heterocycles. The summed E-state index contributed by atoms with van der Waals surface area (Å²) in [5, 5.41) is 1.16. The molecule has 0 saturated heterocycles. The molecule has 15 heavy (non-hydrogen) atoms. The zero-order valence-electron chi connectivity index (χ0n) is 9.37. The van der Waals surface area contributed by atoms with Gasteiger partial charge >= 0.3 is 0 Å². The highest BCUT2D eigenvalue weighted by atomic mass is 32.1. The van der Waals surface area contributed by atoms with E-state index in [9.17, 15) is 0 Å². The van der Waals surface area contributed by atoms with E-state index >= 15 is 0 Å². The number of benzene rings is 1. The van der Waals surface area contributed by atoms with Gasteiger partial charge in [0.15, 0.2) is 0 Å². The average molecular weight is 217 g/mol. The molecule has 0 aliphatic heterocycles. The minimum absolute atomic E-state index is 1.06. The van der Waals surface area contributed by atoms with E-state index in [1.165, 1.54) is 21.7 Å². The Morgan fingerprint density at radius 2 is 1.93 bits per heavy atom. The fraction of sp³-hybridized carbons (Fsp3) is 0.308. The van der Waals surface area contributed by atoms with Crippen molar-refractivity contribution >= 4 is 11.3 Å². The van der Waals surface area contributed by atoms with Crippen LogP contribution in [-0.4, -0.2) is 4.98 Å². The quantitative estimate of drug-likeness (QED) is 0.741. The Hall–Kier alpha value is -1.15. The number of hydrogen-bond acceptors (Lipinski definition) is 2. The Morgan fingerprint density at radius 3 is 2.60 bits per heavy atom. The Balaban J connectivity index is 2.58. The van der Waals surface area contributed by atoms with E-state index in [0.717, 1.165) is 11.4 Å². The number of aromatic nitrogens is 1. The molecule has 0 fully saturated rings. The van der Waals surface area contributed by atoms with Crippen molar-refractivity contribution in [3.05, 3.63) is 39.7 Å². The third-order valence-electron chi connectivity index (χ3n) is 2.53. The molecule has 2 aromatic rings. The van der Waals surface area contributed by atoms with Crippen LogP contribution in [0.3, 0.4) is 0 Å². The molecule has 0 N–H and O–H groups in total. The third-order valence-corrected chi connectivity index (χ3v) is 3.64. The maximum atomic E-state index is 4.63. The van der Waals surface area contributed by atoms with Gasteiger partial charge in [0.25, 0.3) is 0 Å². The van der Waals surface area contributed by atoms with Gasteiger partial charge in [0, 0.05) is 10.4 Å². The lowest BCUT2D eigenvalue weighted by atomic mass is 10.0. The predicted molar refractivity (Wildman–Crippen MR) is 66.4 cm³/mol. The van der Waals surface area contributed by atoms with Crippen LogP contribution < -0.4 is 0 Å². The number of thiazole rings is 1. The number of hydrogen-bond donors (Lipinski definition) is 0. The second kappa shape index (κ2) is 4.15. The van der Waals surface area contributed by atoms with E-state index in [4.69, 9.17) is 0 Å². The van der Waals surface area contributed by atoms with Crippen LogP contribution in [0.1, 0.15) is 22.4 Å². The summed E-state index contributed by atoms with van der Waals surface area (Å²) in [4.78, 5) is 6.02. The van der Waals surface area contributed by atoms with E-state index in [1.807, 2.05) is 0 Å². The lowest BCUT2D eigenvalue weighted by molar-refractivity contribution is 1.16. The Kier molecular flexibility index (Phi) is 2.87. The van der Waals surface area contributed by atoms with Gasteiger partial charge in [0.1, 0.15) is 0 Å². The Labute approximate surface area is 94.8 Å². The molecule has 1 nitrogen and oxygen atoms in total. The maximum Gasteiger partial charge on any atom is 0.0904 e. The standard InChI is InChI=1S/C13H15NS/c1-4-12-13(14-10(3)15-12)11-8-6-5-7-9(11)2/h5-8H,4H2,1-3H3. The van der Waals surface area contributed by atoms with Crippen molar-refractivity contribution in [2.45, 2.75) is 27.2 Å². The molecule has 1 aromatic carbocycles. The van der Waals surface area contributed by atoms with E-state index in [1.54, 1.807) is 11.3 Å². The van der Waals surface area contributed by atoms with E-state index < -0.39 is 0 Å². The lowest BCUT2D eigenvalue weighted by Crippen LogP contribution is -1.86. The predicted octanol–water partition coefficient (Wildman–Crippen LogP) is 3.99. The van der Waals surface area contributed by atoms with Crippen LogP contribution in [0, 0.1) is 13.8 Å². The molecule has 2 rings (SSSR count). The van der Waals surface area contributed by atoms with Crippen LogP contribution >= 0.6 is 11.3 Å². The summed E-state index contributed by atoms with van der Waals surface area (Å²) < 4.78 is 0. The fourth-order valence-electron chi connectivity index (χ4n) is 1.76. The first-order chi connectivity index (χ1) is 7.22. The van der Waals surface area contributed by atoms with Gasteiger partial charge in [0.05, 0.1) is 10.7 Å². The zero-order valence-corrected chi connectivity index (χ0v) is 10.2. The first-order valence-corrected chi connectivity index (χ1v) is 6.06. The van der Waals surface area contributed by atoms with Crippen molar-refractivity contribution in [3.8, 4) is 11.3 Å². The molecule has 0 bridgehead atoms. The van der Waals surface area contributed by atoms with Gasteiger partial charge in [-0.3, -0.25) is 0 Å². The molecule has 0 amide bonds. The van der Waals surface area contributed by atoms with E-state index in [0.29, 0.717) is 0 Å². The summed E-state index contributed by atoms with van der Waals surface area (Å²) >= 11 is 1.81. The van der Waals surface area contributed by atoms with Crippen LogP contribution in [0.15, 0.2) is 24.3 Å². The first-order valence-electron chi connectivity index (χ1n) is 5.24. The largest absolute Gasteiger partial charge is 0.241 e. The van der Waals surface area contributed by atoms with Crippen LogP contribution in [-0.2, 0) is 6.42 Å². The van der Waals surface area contributed by atoms with Gasteiger partial charge < -0.3 is 0 Å². The summed E-state index contributed by atoms with van der Waals surface area (Å²) in [6.45, 7) is 6.41. The number of nitrogens with zero attached hydrogens (tertiary/aromatic N) is 1. The number of aryl methyl sites for hydroxylation is 3. The normalized spacial score (nSPS) is 10.6. The summed E-state index contributed by atoms with van der Waals surface area (Å²) in [5.74, 6) is 0. The molecule has 0 aliphatic carbocycles. The first kappa shape index (κ1) is 10.4. The van der Waals surface area contributed by atoms with Crippen molar-refractivity contribution in [2.24, 2.45) is 0 Å². The third kappa shape index (κ3) is 1.95. The topological polar surface area (TPSA) is 12.9 Å². The van der Waals surface area contributed by atoms with Gasteiger partial charge in [-0.25, -0.2) is 4.98 Å². The Morgan fingerprint density at radius 1 is 1.20 bits per heavy atom.